The van der Waals surface area contributed by atoms with Gasteiger partial charge in [0.05, 0.1) is 24.0 Å². The lowest BCUT2D eigenvalue weighted by Gasteiger charge is -2.50. The second-order valence-electron chi connectivity index (χ2n) is 11.6. The Morgan fingerprint density at radius 2 is 1.89 bits per heavy atom. The largest absolute Gasteiger partial charge is 0.486 e. The highest BCUT2D eigenvalue weighted by atomic mass is 32.1. The number of amides is 2. The fraction of sp³-hybridized carbons (Fsp3) is 0.519. The molecule has 11 heteroatoms. The van der Waals surface area contributed by atoms with Crippen LogP contribution >= 0.6 is 11.3 Å². The van der Waals surface area contributed by atoms with Crippen molar-refractivity contribution in [2.75, 3.05) is 39.4 Å². The molecule has 10 nitrogen and oxygen atoms in total. The first-order valence-corrected chi connectivity index (χ1v) is 13.9. The summed E-state index contributed by atoms with van der Waals surface area (Å²) in [5.74, 6) is 2.54. The van der Waals surface area contributed by atoms with Crippen molar-refractivity contribution >= 4 is 23.2 Å². The molecule has 0 N–H and O–H groups in total. The van der Waals surface area contributed by atoms with Crippen LogP contribution in [0.2, 0.25) is 0 Å². The highest BCUT2D eigenvalue weighted by Gasteiger charge is 2.61. The van der Waals surface area contributed by atoms with Crippen molar-refractivity contribution < 1.29 is 23.5 Å². The van der Waals surface area contributed by atoms with Crippen LogP contribution in [0.25, 0.3) is 0 Å². The van der Waals surface area contributed by atoms with Crippen LogP contribution in [0.3, 0.4) is 0 Å². The van der Waals surface area contributed by atoms with Gasteiger partial charge in [-0.2, -0.15) is 0 Å². The van der Waals surface area contributed by atoms with Crippen LogP contribution in [0.5, 0.6) is 11.5 Å². The Labute approximate surface area is 223 Å². The number of hydrogen-bond donors (Lipinski definition) is 0. The summed E-state index contributed by atoms with van der Waals surface area (Å²) in [5.41, 5.74) is 2.37. The summed E-state index contributed by atoms with van der Waals surface area (Å²) in [7, 11) is 0. The van der Waals surface area contributed by atoms with Crippen LogP contribution in [0.4, 0.5) is 0 Å². The lowest BCUT2D eigenvalue weighted by molar-refractivity contribution is -0.146. The standard InChI is InChI=1S/C27H29N5O5S/c1-26(2)9-17(26)24(33)32-13-27(14-32)12-31(25(34)20-10-28-15-38-20)11-18(27)23-30-29-21(37-23)8-16-4-3-5-19-22(16)36-7-6-35-19/h3-5,10,15,17-18H,6-9,11-14H2,1-2H3/t17-,18?/m1/s1. The van der Waals surface area contributed by atoms with Gasteiger partial charge < -0.3 is 23.7 Å². The number of fused-ring (bicyclic) bond motifs is 1. The van der Waals surface area contributed by atoms with Crippen molar-refractivity contribution in [1.82, 2.24) is 25.0 Å². The van der Waals surface area contributed by atoms with E-state index in [2.05, 4.69) is 29.0 Å². The number of rotatable bonds is 5. The molecular formula is C27H29N5O5S. The molecule has 1 aliphatic carbocycles. The fourth-order valence-corrected chi connectivity index (χ4v) is 6.74. The molecule has 1 unspecified atom stereocenters. The fourth-order valence-electron chi connectivity index (χ4n) is 6.16. The molecule has 1 aromatic carbocycles. The molecule has 0 bridgehead atoms. The molecule has 0 radical (unpaired) electrons. The number of aromatic nitrogens is 3. The van der Waals surface area contributed by atoms with E-state index in [0.717, 1.165) is 17.7 Å². The maximum atomic E-state index is 13.2. The van der Waals surface area contributed by atoms with Gasteiger partial charge >= 0.3 is 0 Å². The third-order valence-corrected chi connectivity index (χ3v) is 9.24. The monoisotopic (exact) mass is 535 g/mol. The zero-order chi connectivity index (χ0) is 26.1. The number of thiazole rings is 1. The summed E-state index contributed by atoms with van der Waals surface area (Å²) in [4.78, 5) is 34.8. The van der Waals surface area contributed by atoms with E-state index >= 15 is 0 Å². The molecule has 38 heavy (non-hydrogen) atoms. The molecule has 2 aromatic heterocycles. The van der Waals surface area contributed by atoms with E-state index in [9.17, 15) is 9.59 Å². The number of carbonyl (C=O) groups is 2. The zero-order valence-electron chi connectivity index (χ0n) is 21.4. The third-order valence-electron chi connectivity index (χ3n) is 8.48. The highest BCUT2D eigenvalue weighted by Crippen LogP contribution is 2.55. The molecule has 2 saturated heterocycles. The van der Waals surface area contributed by atoms with E-state index in [0.29, 0.717) is 68.2 Å². The maximum Gasteiger partial charge on any atom is 0.265 e. The van der Waals surface area contributed by atoms with E-state index in [-0.39, 0.29) is 34.5 Å². The predicted molar refractivity (Wildman–Crippen MR) is 136 cm³/mol. The second kappa shape index (κ2) is 8.52. The number of benzene rings is 1. The minimum absolute atomic E-state index is 0.0460. The lowest BCUT2D eigenvalue weighted by atomic mass is 9.71. The first-order chi connectivity index (χ1) is 18.3. The molecule has 2 atom stereocenters. The number of carbonyl (C=O) groups excluding carboxylic acids is 2. The molecule has 7 rings (SSSR count). The highest BCUT2D eigenvalue weighted by molar-refractivity contribution is 7.11. The summed E-state index contributed by atoms with van der Waals surface area (Å²) in [6, 6.07) is 5.79. The first kappa shape index (κ1) is 23.6. The van der Waals surface area contributed by atoms with Crippen molar-refractivity contribution in [2.24, 2.45) is 16.7 Å². The Hall–Kier alpha value is -3.47. The van der Waals surface area contributed by atoms with Gasteiger partial charge in [-0.1, -0.05) is 26.0 Å². The molecule has 3 aromatic rings. The van der Waals surface area contributed by atoms with Gasteiger partial charge in [0.2, 0.25) is 17.7 Å². The van der Waals surface area contributed by atoms with Crippen molar-refractivity contribution in [1.29, 1.82) is 0 Å². The smallest absolute Gasteiger partial charge is 0.265 e. The van der Waals surface area contributed by atoms with E-state index in [4.69, 9.17) is 13.9 Å². The molecule has 3 aliphatic heterocycles. The Bertz CT molecular complexity index is 1400. The van der Waals surface area contributed by atoms with Gasteiger partial charge in [0.25, 0.3) is 5.91 Å². The summed E-state index contributed by atoms with van der Waals surface area (Å²) >= 11 is 1.33. The quantitative estimate of drug-likeness (QED) is 0.490. The average Bonchev–Trinajstić information content (AvgIpc) is 3.41. The Morgan fingerprint density at radius 1 is 1.11 bits per heavy atom. The zero-order valence-corrected chi connectivity index (χ0v) is 22.2. The first-order valence-electron chi connectivity index (χ1n) is 13.0. The normalized spacial score (nSPS) is 24.4. The molecule has 4 aliphatic rings. The van der Waals surface area contributed by atoms with Crippen molar-refractivity contribution in [3.63, 3.8) is 0 Å². The van der Waals surface area contributed by atoms with Crippen molar-refractivity contribution in [3.8, 4) is 11.5 Å². The molecule has 2 amide bonds. The maximum absolute atomic E-state index is 13.2. The lowest BCUT2D eigenvalue weighted by Crippen LogP contribution is -2.62. The molecule has 1 spiro atoms. The van der Waals surface area contributed by atoms with Crippen molar-refractivity contribution in [3.05, 3.63) is 52.1 Å². The summed E-state index contributed by atoms with van der Waals surface area (Å²) in [6.07, 6.45) is 2.96. The molecule has 3 fully saturated rings. The Balaban J connectivity index is 1.13. The Morgan fingerprint density at radius 3 is 2.66 bits per heavy atom. The Kier molecular flexibility index (Phi) is 5.30. The minimum Gasteiger partial charge on any atom is -0.486 e. The SMILES string of the molecule is CC1(C)C[C@@H]1C(=O)N1CC2(CN(C(=O)c3cncs3)CC2c2nnc(Cc3cccc4c3OCCO4)o2)C1. The van der Waals surface area contributed by atoms with E-state index in [1.165, 1.54) is 11.3 Å². The third kappa shape index (κ3) is 3.86. The van der Waals surface area contributed by atoms with Crippen LogP contribution < -0.4 is 9.47 Å². The topological polar surface area (TPSA) is 111 Å². The number of hydrogen-bond acceptors (Lipinski definition) is 9. The van der Waals surface area contributed by atoms with Crippen LogP contribution in [-0.4, -0.2) is 76.2 Å². The molecular weight excluding hydrogens is 506 g/mol. The summed E-state index contributed by atoms with van der Waals surface area (Å²) in [6.45, 7) is 7.49. The summed E-state index contributed by atoms with van der Waals surface area (Å²) in [5, 5.41) is 8.80. The molecule has 1 saturated carbocycles. The van der Waals surface area contributed by atoms with Crippen LogP contribution in [0, 0.1) is 16.7 Å². The number of nitrogens with zero attached hydrogens (tertiary/aromatic N) is 5. The van der Waals surface area contributed by atoms with Gasteiger partial charge in [0.1, 0.15) is 18.1 Å². The van der Waals surface area contributed by atoms with Crippen LogP contribution in [0.15, 0.2) is 34.3 Å². The van der Waals surface area contributed by atoms with E-state index in [1.807, 2.05) is 28.0 Å². The van der Waals surface area contributed by atoms with Gasteiger partial charge in [-0.15, -0.1) is 21.5 Å². The van der Waals surface area contributed by atoms with Gasteiger partial charge in [-0.25, -0.2) is 0 Å². The van der Waals surface area contributed by atoms with Crippen molar-refractivity contribution in [2.45, 2.75) is 32.6 Å². The number of likely N-dealkylation sites (tertiary alicyclic amines) is 2. The molecule has 198 valence electrons. The van der Waals surface area contributed by atoms with Crippen LogP contribution in [0.1, 0.15) is 53.2 Å². The van der Waals surface area contributed by atoms with E-state index in [1.54, 1.807) is 11.7 Å². The summed E-state index contributed by atoms with van der Waals surface area (Å²) < 4.78 is 17.8. The second-order valence-corrected chi connectivity index (χ2v) is 12.4. The van der Waals surface area contributed by atoms with E-state index < -0.39 is 0 Å². The molecule has 5 heterocycles. The van der Waals surface area contributed by atoms with Gasteiger partial charge in [0.15, 0.2) is 11.5 Å². The predicted octanol–water partition coefficient (Wildman–Crippen LogP) is 3.00. The van der Waals surface area contributed by atoms with Gasteiger partial charge in [-0.05, 0) is 17.9 Å². The van der Waals surface area contributed by atoms with Gasteiger partial charge in [-0.3, -0.25) is 14.6 Å². The van der Waals surface area contributed by atoms with Crippen LogP contribution in [-0.2, 0) is 11.2 Å². The minimum atomic E-state index is -0.304. The average molecular weight is 536 g/mol. The van der Waals surface area contributed by atoms with Gasteiger partial charge in [0, 0.05) is 43.1 Å². The number of ether oxygens (including phenoxy) is 2. The number of para-hydroxylation sites is 1.